The normalized spacial score (nSPS) is 22.5. The Bertz CT molecular complexity index is 938. The number of rotatable bonds is 1. The molecule has 0 radical (unpaired) electrons. The van der Waals surface area contributed by atoms with Crippen LogP contribution in [0.5, 0.6) is 5.75 Å². The Morgan fingerprint density at radius 1 is 1.20 bits per heavy atom. The van der Waals surface area contributed by atoms with Gasteiger partial charge in [-0.1, -0.05) is 11.6 Å². The van der Waals surface area contributed by atoms with Gasteiger partial charge in [0.1, 0.15) is 5.75 Å². The van der Waals surface area contributed by atoms with Crippen LogP contribution in [0.15, 0.2) is 42.5 Å². The van der Waals surface area contributed by atoms with Gasteiger partial charge < -0.3 is 9.64 Å². The van der Waals surface area contributed by atoms with Gasteiger partial charge in [-0.05, 0) is 55.8 Å². The summed E-state index contributed by atoms with van der Waals surface area (Å²) in [7, 11) is 1.99. The molecular formula is C19H17ClN2O3. The molecule has 2 aromatic carbocycles. The van der Waals surface area contributed by atoms with Crippen molar-refractivity contribution in [3.63, 3.8) is 0 Å². The molecule has 0 aliphatic carbocycles. The molecule has 6 heteroatoms. The number of ether oxygens (including phenoxy) is 1. The van der Waals surface area contributed by atoms with Crippen molar-refractivity contribution in [1.82, 2.24) is 0 Å². The van der Waals surface area contributed by atoms with Crippen LogP contribution in [0.4, 0.5) is 11.4 Å². The van der Waals surface area contributed by atoms with Crippen molar-refractivity contribution in [2.24, 2.45) is 0 Å². The molecule has 0 amide bonds. The van der Waals surface area contributed by atoms with Crippen molar-refractivity contribution in [3.8, 4) is 5.75 Å². The van der Waals surface area contributed by atoms with Crippen LogP contribution in [-0.4, -0.2) is 17.7 Å². The minimum absolute atomic E-state index is 0.0528. The number of nitro benzene ring substituents is 1. The topological polar surface area (TPSA) is 55.6 Å². The van der Waals surface area contributed by atoms with Crippen molar-refractivity contribution >= 4 is 29.1 Å². The van der Waals surface area contributed by atoms with Gasteiger partial charge in [0.15, 0.2) is 0 Å². The van der Waals surface area contributed by atoms with E-state index in [1.807, 2.05) is 37.4 Å². The van der Waals surface area contributed by atoms with Crippen molar-refractivity contribution < 1.29 is 9.66 Å². The van der Waals surface area contributed by atoms with Crippen molar-refractivity contribution in [2.45, 2.75) is 25.0 Å². The molecule has 2 heterocycles. The number of likely N-dealkylation sites (N-methyl/N-ethyl adjacent to an activating group) is 1. The summed E-state index contributed by atoms with van der Waals surface area (Å²) in [5.74, 6) is 0.631. The molecule has 1 spiro atoms. The largest absolute Gasteiger partial charge is 0.463 e. The molecule has 4 rings (SSSR count). The van der Waals surface area contributed by atoms with E-state index in [0.29, 0.717) is 16.3 Å². The zero-order chi connectivity index (χ0) is 18.0. The lowest BCUT2D eigenvalue weighted by Gasteiger charge is -2.45. The van der Waals surface area contributed by atoms with Gasteiger partial charge in [-0.25, -0.2) is 0 Å². The van der Waals surface area contributed by atoms with E-state index in [9.17, 15) is 10.1 Å². The highest BCUT2D eigenvalue weighted by molar-refractivity contribution is 6.30. The van der Waals surface area contributed by atoms with Crippen LogP contribution in [-0.2, 0) is 5.41 Å². The van der Waals surface area contributed by atoms with Crippen LogP contribution in [0.25, 0.3) is 6.08 Å². The number of fused-ring (bicyclic) bond motifs is 2. The molecule has 0 N–H and O–H groups in total. The van der Waals surface area contributed by atoms with Gasteiger partial charge in [-0.3, -0.25) is 10.1 Å². The predicted molar refractivity (Wildman–Crippen MR) is 98.4 cm³/mol. The minimum Gasteiger partial charge on any atom is -0.463 e. The lowest BCUT2D eigenvalue weighted by Crippen LogP contribution is -2.58. The summed E-state index contributed by atoms with van der Waals surface area (Å²) in [5.41, 5.74) is 1.85. The third-order valence-corrected chi connectivity index (χ3v) is 5.58. The fourth-order valence-electron chi connectivity index (χ4n) is 3.89. The van der Waals surface area contributed by atoms with Gasteiger partial charge in [0, 0.05) is 35.5 Å². The Morgan fingerprint density at radius 2 is 1.96 bits per heavy atom. The monoisotopic (exact) mass is 356 g/mol. The summed E-state index contributed by atoms with van der Waals surface area (Å²) < 4.78 is 6.44. The Hall–Kier alpha value is -2.53. The molecule has 2 aromatic rings. The molecule has 2 aliphatic rings. The van der Waals surface area contributed by atoms with Crippen LogP contribution in [0.1, 0.15) is 25.0 Å². The number of hydrogen-bond acceptors (Lipinski definition) is 4. The molecule has 0 bridgehead atoms. The highest BCUT2D eigenvalue weighted by Crippen LogP contribution is 2.54. The number of hydrogen-bond donors (Lipinski definition) is 0. The number of nitrogens with zero attached hydrogens (tertiary/aromatic N) is 2. The number of anilines is 1. The van der Waals surface area contributed by atoms with Gasteiger partial charge in [0.25, 0.3) is 5.69 Å². The molecule has 0 aromatic heterocycles. The lowest BCUT2D eigenvalue weighted by atomic mass is 9.76. The summed E-state index contributed by atoms with van der Waals surface area (Å²) in [4.78, 5) is 12.7. The Kier molecular flexibility index (Phi) is 3.19. The molecule has 5 nitrogen and oxygen atoms in total. The fraction of sp³-hybridized carbons (Fsp3) is 0.263. The van der Waals surface area contributed by atoms with E-state index in [1.54, 1.807) is 6.07 Å². The zero-order valence-electron chi connectivity index (χ0n) is 14.1. The molecule has 0 saturated heterocycles. The Balaban J connectivity index is 1.85. The first kappa shape index (κ1) is 16.0. The van der Waals surface area contributed by atoms with Gasteiger partial charge >= 0.3 is 0 Å². The van der Waals surface area contributed by atoms with E-state index in [0.717, 1.165) is 11.3 Å². The summed E-state index contributed by atoms with van der Waals surface area (Å²) in [5, 5.41) is 11.7. The molecule has 1 atom stereocenters. The van der Waals surface area contributed by atoms with Crippen LogP contribution < -0.4 is 9.64 Å². The zero-order valence-corrected chi connectivity index (χ0v) is 14.9. The quantitative estimate of drug-likeness (QED) is 0.545. The van der Waals surface area contributed by atoms with Crippen molar-refractivity contribution in [3.05, 3.63) is 68.7 Å². The van der Waals surface area contributed by atoms with Gasteiger partial charge in [-0.15, -0.1) is 0 Å². The molecule has 0 fully saturated rings. The maximum Gasteiger partial charge on any atom is 0.270 e. The first-order valence-corrected chi connectivity index (χ1v) is 8.35. The SMILES string of the molecule is CN1c2ccc(Cl)cc2C(C)(C)C12C=Cc1cc([N+](=O)[O-])ccc1O2. The third-order valence-electron chi connectivity index (χ3n) is 5.35. The van der Waals surface area contributed by atoms with Crippen LogP contribution in [0.2, 0.25) is 5.02 Å². The number of halogens is 1. The fourth-order valence-corrected chi connectivity index (χ4v) is 4.06. The first-order valence-electron chi connectivity index (χ1n) is 7.97. The summed E-state index contributed by atoms with van der Waals surface area (Å²) >= 11 is 6.21. The van der Waals surface area contributed by atoms with Gasteiger partial charge in [0.05, 0.1) is 10.3 Å². The highest BCUT2D eigenvalue weighted by atomic mass is 35.5. The van der Waals surface area contributed by atoms with E-state index in [2.05, 4.69) is 18.7 Å². The molecule has 1 unspecified atom stereocenters. The summed E-state index contributed by atoms with van der Waals surface area (Å²) in [6.07, 6.45) is 3.88. The second-order valence-corrected chi connectivity index (χ2v) is 7.39. The van der Waals surface area contributed by atoms with Crippen molar-refractivity contribution in [1.29, 1.82) is 0 Å². The van der Waals surface area contributed by atoms with Crippen molar-refractivity contribution in [2.75, 3.05) is 11.9 Å². The number of nitro groups is 1. The average Bonchev–Trinajstić information content (AvgIpc) is 2.73. The smallest absolute Gasteiger partial charge is 0.270 e. The molecule has 128 valence electrons. The number of benzene rings is 2. The second kappa shape index (κ2) is 4.99. The van der Waals surface area contributed by atoms with Gasteiger partial charge in [0.2, 0.25) is 5.72 Å². The molecule has 25 heavy (non-hydrogen) atoms. The van der Waals surface area contributed by atoms with Gasteiger partial charge in [-0.2, -0.15) is 0 Å². The lowest BCUT2D eigenvalue weighted by molar-refractivity contribution is -0.384. The van der Waals surface area contributed by atoms with Crippen LogP contribution in [0, 0.1) is 10.1 Å². The van der Waals surface area contributed by atoms with E-state index in [-0.39, 0.29) is 11.1 Å². The molecule has 2 aliphatic heterocycles. The van der Waals surface area contributed by atoms with Crippen LogP contribution in [0.3, 0.4) is 0 Å². The van der Waals surface area contributed by atoms with E-state index < -0.39 is 10.6 Å². The summed E-state index contributed by atoms with van der Waals surface area (Å²) in [6, 6.07) is 10.5. The molecular weight excluding hydrogens is 340 g/mol. The first-order chi connectivity index (χ1) is 11.8. The standard InChI is InChI=1S/C19H17ClN2O3/c1-18(2)15-11-13(20)4-6-16(15)21(3)19(18)9-8-12-10-14(22(23)24)5-7-17(12)25-19/h4-11H,1-3H3. The average molecular weight is 357 g/mol. The maximum atomic E-state index is 11.0. The van der Waals surface area contributed by atoms with E-state index in [4.69, 9.17) is 16.3 Å². The molecule has 0 saturated carbocycles. The summed E-state index contributed by atoms with van der Waals surface area (Å²) in [6.45, 7) is 4.23. The minimum atomic E-state index is -0.719. The predicted octanol–water partition coefficient (Wildman–Crippen LogP) is 4.78. The van der Waals surface area contributed by atoms with E-state index in [1.165, 1.54) is 12.1 Å². The Labute approximate surface area is 150 Å². The second-order valence-electron chi connectivity index (χ2n) is 6.96. The van der Waals surface area contributed by atoms with Crippen LogP contribution >= 0.6 is 11.6 Å². The highest BCUT2D eigenvalue weighted by Gasteiger charge is 2.57. The number of non-ortho nitro benzene ring substituents is 1. The Morgan fingerprint density at radius 3 is 2.68 bits per heavy atom. The third kappa shape index (κ3) is 2.02. The van der Waals surface area contributed by atoms with E-state index >= 15 is 0 Å². The maximum absolute atomic E-state index is 11.0.